The molecule has 2 rings (SSSR count). The molecule has 130 valence electrons. The zero-order chi connectivity index (χ0) is 18.2. The first kappa shape index (κ1) is 19.0. The molecule has 0 saturated carbocycles. The maximum atomic E-state index is 9.60. The first-order valence-corrected chi connectivity index (χ1v) is 9.22. The monoisotopic (exact) mass is 372 g/mol. The number of hydrogen-bond acceptors (Lipinski definition) is 6. The van der Waals surface area contributed by atoms with Crippen LogP contribution in [-0.4, -0.2) is 20.8 Å². The van der Waals surface area contributed by atoms with Crippen molar-refractivity contribution in [3.05, 3.63) is 35.9 Å². The van der Waals surface area contributed by atoms with Gasteiger partial charge in [-0.3, -0.25) is 10.9 Å². The summed E-state index contributed by atoms with van der Waals surface area (Å²) in [5.41, 5.74) is 12.7. The van der Waals surface area contributed by atoms with E-state index < -0.39 is 0 Å². The number of hydrogen-bond donors (Lipinski definition) is 3. The summed E-state index contributed by atoms with van der Waals surface area (Å²) in [7, 11) is 0. The van der Waals surface area contributed by atoms with Crippen molar-refractivity contribution in [2.24, 2.45) is 11.7 Å². The van der Waals surface area contributed by atoms with E-state index in [4.69, 9.17) is 18.0 Å². The largest absolute Gasteiger partial charge is 0.375 e. The molecule has 0 atom stereocenters. The van der Waals surface area contributed by atoms with Crippen molar-refractivity contribution in [1.29, 1.82) is 5.26 Å². The van der Waals surface area contributed by atoms with Crippen LogP contribution in [0, 0.1) is 17.2 Å². The third kappa shape index (κ3) is 5.59. The quantitative estimate of drug-likeness (QED) is 0.295. The smallest absolute Gasteiger partial charge is 0.190 e. The average molecular weight is 373 g/mol. The number of hydrazine groups is 1. The van der Waals surface area contributed by atoms with Crippen LogP contribution >= 0.6 is 24.0 Å². The van der Waals surface area contributed by atoms with Crippen molar-refractivity contribution >= 4 is 34.9 Å². The molecule has 2 aromatic rings. The van der Waals surface area contributed by atoms with E-state index >= 15 is 0 Å². The van der Waals surface area contributed by atoms with Gasteiger partial charge < -0.3 is 5.73 Å². The van der Waals surface area contributed by atoms with Crippen LogP contribution in [0.3, 0.4) is 0 Å². The highest BCUT2D eigenvalue weighted by Crippen LogP contribution is 2.29. The first-order valence-electron chi connectivity index (χ1n) is 7.83. The predicted octanol–water partition coefficient (Wildman–Crippen LogP) is 3.31. The second kappa shape index (κ2) is 9.20. The molecule has 1 heterocycles. The van der Waals surface area contributed by atoms with Gasteiger partial charge in [-0.1, -0.05) is 55.9 Å². The number of anilines is 1. The van der Waals surface area contributed by atoms with Crippen molar-refractivity contribution in [2.45, 2.75) is 25.4 Å². The van der Waals surface area contributed by atoms with E-state index in [9.17, 15) is 5.26 Å². The standard InChI is InChI=1S/C17H20N6S2/c1-11(2)8-9-25-17-20-14(12-6-4-3-5-7-12)13(10-18)15(21-17)22-23-16(19)24/h3-7,11H,8-9H2,1-2H3,(H3,19,23,24)(H,20,21,22). The van der Waals surface area contributed by atoms with Gasteiger partial charge in [-0.25, -0.2) is 9.97 Å². The van der Waals surface area contributed by atoms with Gasteiger partial charge >= 0.3 is 0 Å². The summed E-state index contributed by atoms with van der Waals surface area (Å²) in [6.45, 7) is 4.35. The van der Waals surface area contributed by atoms with Gasteiger partial charge in [0.1, 0.15) is 11.6 Å². The Morgan fingerprint density at radius 2 is 2.04 bits per heavy atom. The van der Waals surface area contributed by atoms with Crippen molar-refractivity contribution in [1.82, 2.24) is 15.4 Å². The molecule has 8 heteroatoms. The highest BCUT2D eigenvalue weighted by atomic mass is 32.2. The van der Waals surface area contributed by atoms with Crippen molar-refractivity contribution in [3.8, 4) is 17.3 Å². The molecule has 25 heavy (non-hydrogen) atoms. The summed E-state index contributed by atoms with van der Waals surface area (Å²) in [6, 6.07) is 11.7. The lowest BCUT2D eigenvalue weighted by atomic mass is 10.1. The number of rotatable bonds is 7. The molecular weight excluding hydrogens is 352 g/mol. The van der Waals surface area contributed by atoms with Crippen LogP contribution < -0.4 is 16.6 Å². The minimum absolute atomic E-state index is 0.0674. The topological polar surface area (TPSA) is 99.6 Å². The fourth-order valence-corrected chi connectivity index (χ4v) is 3.15. The molecule has 0 unspecified atom stereocenters. The molecule has 0 aliphatic carbocycles. The van der Waals surface area contributed by atoms with Gasteiger partial charge in [-0.15, -0.1) is 0 Å². The van der Waals surface area contributed by atoms with Crippen LogP contribution in [0.2, 0.25) is 0 Å². The normalized spacial score (nSPS) is 10.3. The maximum absolute atomic E-state index is 9.60. The fraction of sp³-hybridized carbons (Fsp3) is 0.294. The van der Waals surface area contributed by atoms with Crippen LogP contribution in [0.25, 0.3) is 11.3 Å². The maximum Gasteiger partial charge on any atom is 0.190 e. The van der Waals surface area contributed by atoms with Crippen LogP contribution in [0.1, 0.15) is 25.8 Å². The summed E-state index contributed by atoms with van der Waals surface area (Å²) in [4.78, 5) is 9.03. The van der Waals surface area contributed by atoms with E-state index in [1.54, 1.807) is 11.8 Å². The number of nitriles is 1. The molecule has 6 nitrogen and oxygen atoms in total. The SMILES string of the molecule is CC(C)CCSc1nc(NNC(N)=S)c(C#N)c(-c2ccccc2)n1. The van der Waals surface area contributed by atoms with Gasteiger partial charge in [-0.05, 0) is 24.6 Å². The first-order chi connectivity index (χ1) is 12.0. The van der Waals surface area contributed by atoms with E-state index in [0.717, 1.165) is 17.7 Å². The van der Waals surface area contributed by atoms with Crippen molar-refractivity contribution < 1.29 is 0 Å². The average Bonchev–Trinajstić information content (AvgIpc) is 2.59. The summed E-state index contributed by atoms with van der Waals surface area (Å²) < 4.78 is 0. The van der Waals surface area contributed by atoms with E-state index in [2.05, 4.69) is 40.7 Å². The summed E-state index contributed by atoms with van der Waals surface area (Å²) in [5.74, 6) is 1.87. The summed E-state index contributed by atoms with van der Waals surface area (Å²) in [6.07, 6.45) is 1.06. The van der Waals surface area contributed by atoms with Gasteiger partial charge in [-0.2, -0.15) is 5.26 Å². The molecule has 0 bridgehead atoms. The molecular formula is C17H20N6S2. The van der Waals surface area contributed by atoms with Gasteiger partial charge in [0, 0.05) is 11.3 Å². The van der Waals surface area contributed by atoms with E-state index in [1.807, 2.05) is 30.3 Å². The summed E-state index contributed by atoms with van der Waals surface area (Å²) >= 11 is 6.37. The zero-order valence-corrected chi connectivity index (χ0v) is 15.7. The highest BCUT2D eigenvalue weighted by molar-refractivity contribution is 7.99. The number of thiocarbonyl (C=S) groups is 1. The van der Waals surface area contributed by atoms with Gasteiger partial charge in [0.25, 0.3) is 0 Å². The second-order valence-corrected chi connectivity index (χ2v) is 7.20. The number of aromatic nitrogens is 2. The van der Waals surface area contributed by atoms with Crippen LogP contribution in [0.4, 0.5) is 5.82 Å². The number of nitrogens with zero attached hydrogens (tertiary/aromatic N) is 3. The third-order valence-electron chi connectivity index (χ3n) is 3.28. The van der Waals surface area contributed by atoms with Crippen LogP contribution in [0.5, 0.6) is 0 Å². The molecule has 1 aromatic heterocycles. The predicted molar refractivity (Wildman–Crippen MR) is 106 cm³/mol. The molecule has 1 aromatic carbocycles. The highest BCUT2D eigenvalue weighted by Gasteiger charge is 2.16. The minimum Gasteiger partial charge on any atom is -0.375 e. The summed E-state index contributed by atoms with van der Waals surface area (Å²) in [5, 5.41) is 10.3. The van der Waals surface area contributed by atoms with Gasteiger partial charge in [0.05, 0.1) is 5.69 Å². The molecule has 0 radical (unpaired) electrons. The fourth-order valence-electron chi connectivity index (χ4n) is 2.01. The number of benzene rings is 1. The van der Waals surface area contributed by atoms with Crippen molar-refractivity contribution in [2.75, 3.05) is 11.2 Å². The molecule has 0 aliphatic heterocycles. The molecule has 0 spiro atoms. The third-order valence-corrected chi connectivity index (χ3v) is 4.26. The lowest BCUT2D eigenvalue weighted by Crippen LogP contribution is -2.34. The molecule has 0 amide bonds. The lowest BCUT2D eigenvalue weighted by Gasteiger charge is -2.13. The zero-order valence-electron chi connectivity index (χ0n) is 14.1. The lowest BCUT2D eigenvalue weighted by molar-refractivity contribution is 0.631. The Balaban J connectivity index is 2.42. The van der Waals surface area contributed by atoms with Gasteiger partial charge in [0.2, 0.25) is 0 Å². The Kier molecular flexibility index (Phi) is 6.98. The van der Waals surface area contributed by atoms with Crippen molar-refractivity contribution in [3.63, 3.8) is 0 Å². The van der Waals surface area contributed by atoms with Crippen LogP contribution in [0.15, 0.2) is 35.5 Å². The number of nitrogens with two attached hydrogens (primary N) is 1. The Labute approximate surface area is 157 Å². The Morgan fingerprint density at radius 1 is 1.32 bits per heavy atom. The van der Waals surface area contributed by atoms with Gasteiger partial charge in [0.15, 0.2) is 16.1 Å². The number of thioether (sulfide) groups is 1. The Morgan fingerprint density at radius 3 is 2.64 bits per heavy atom. The molecule has 4 N–H and O–H groups in total. The molecule has 0 fully saturated rings. The van der Waals surface area contributed by atoms with E-state index in [0.29, 0.717) is 28.1 Å². The molecule has 0 aliphatic rings. The van der Waals surface area contributed by atoms with E-state index in [1.165, 1.54) is 0 Å². The van der Waals surface area contributed by atoms with Crippen LogP contribution in [-0.2, 0) is 0 Å². The minimum atomic E-state index is 0.0674. The number of nitrogens with one attached hydrogen (secondary N) is 2. The molecule has 0 saturated heterocycles. The second-order valence-electron chi connectivity index (χ2n) is 5.70. The Hall–Kier alpha value is -2.37. The Bertz CT molecular complexity index is 771. The van der Waals surface area contributed by atoms with E-state index in [-0.39, 0.29) is 5.11 Å².